The van der Waals surface area contributed by atoms with Gasteiger partial charge >= 0.3 is 5.97 Å². The molecule has 1 aliphatic carbocycles. The minimum Gasteiger partial charge on any atom is -0.478 e. The number of rotatable bonds is 3. The highest BCUT2D eigenvalue weighted by Gasteiger charge is 2.37. The Morgan fingerprint density at radius 1 is 1.04 bits per heavy atom. The van der Waals surface area contributed by atoms with Gasteiger partial charge in [0, 0.05) is 6.08 Å². The summed E-state index contributed by atoms with van der Waals surface area (Å²) in [5, 5.41) is 8.84. The van der Waals surface area contributed by atoms with E-state index in [9.17, 15) is 4.79 Å². The second kappa shape index (κ2) is 6.59. The van der Waals surface area contributed by atoms with E-state index < -0.39 is 5.97 Å². The predicted molar refractivity (Wildman–Crippen MR) is 110 cm³/mol. The average molecular weight is 364 g/mol. The van der Waals surface area contributed by atoms with Gasteiger partial charge in [-0.2, -0.15) is 0 Å². The summed E-state index contributed by atoms with van der Waals surface area (Å²) in [6.45, 7) is 12.9. The first-order chi connectivity index (χ1) is 12.5. The Bertz CT molecular complexity index is 982. The summed E-state index contributed by atoms with van der Waals surface area (Å²) in [5.74, 6) is -0.949. The lowest BCUT2D eigenvalue weighted by Gasteiger charge is -2.41. The SMILES string of the molecule is CC(C=Cc1nc2cc3c(cc2nc1C)C(C)(C)CCC3(C)C)=CC(=O)O. The molecular formula is C23H28N2O2. The first kappa shape index (κ1) is 19.3. The molecule has 27 heavy (non-hydrogen) atoms. The normalized spacial score (nSPS) is 18.7. The summed E-state index contributed by atoms with van der Waals surface area (Å²) in [6.07, 6.45) is 7.11. The maximum atomic E-state index is 10.8. The van der Waals surface area contributed by atoms with Crippen molar-refractivity contribution in [2.24, 2.45) is 0 Å². The zero-order chi connectivity index (χ0) is 20.0. The highest BCUT2D eigenvalue weighted by atomic mass is 16.4. The van der Waals surface area contributed by atoms with E-state index in [1.807, 2.05) is 13.0 Å². The third kappa shape index (κ3) is 3.80. The van der Waals surface area contributed by atoms with Crippen LogP contribution in [0.1, 0.15) is 70.0 Å². The first-order valence-electron chi connectivity index (χ1n) is 9.42. The minimum atomic E-state index is -0.949. The van der Waals surface area contributed by atoms with E-state index in [0.717, 1.165) is 28.8 Å². The highest BCUT2D eigenvalue weighted by Crippen LogP contribution is 2.46. The van der Waals surface area contributed by atoms with Gasteiger partial charge in [-0.1, -0.05) is 33.8 Å². The lowest BCUT2D eigenvalue weighted by molar-refractivity contribution is -0.131. The van der Waals surface area contributed by atoms with Crippen LogP contribution in [0, 0.1) is 6.92 Å². The molecule has 2 aromatic rings. The van der Waals surface area contributed by atoms with Crippen LogP contribution >= 0.6 is 0 Å². The molecule has 3 rings (SSSR count). The number of nitrogens with zero attached hydrogens (tertiary/aromatic N) is 2. The molecule has 142 valence electrons. The monoisotopic (exact) mass is 364 g/mol. The van der Waals surface area contributed by atoms with Gasteiger partial charge in [-0.3, -0.25) is 0 Å². The van der Waals surface area contributed by atoms with Gasteiger partial charge in [0.2, 0.25) is 0 Å². The smallest absolute Gasteiger partial charge is 0.328 e. The Balaban J connectivity index is 2.13. The van der Waals surface area contributed by atoms with E-state index in [2.05, 4.69) is 39.8 Å². The standard InChI is InChI=1S/C23H28N2O2/c1-14(11-21(26)27)7-8-18-15(2)24-19-12-16-17(13-20(19)25-18)23(5,6)10-9-22(16,3)4/h7-8,11-13H,9-10H2,1-6H3,(H,26,27). The molecule has 1 N–H and O–H groups in total. The van der Waals surface area contributed by atoms with Crippen molar-refractivity contribution >= 4 is 23.1 Å². The van der Waals surface area contributed by atoms with Crippen molar-refractivity contribution in [1.82, 2.24) is 9.97 Å². The minimum absolute atomic E-state index is 0.127. The summed E-state index contributed by atoms with van der Waals surface area (Å²) < 4.78 is 0. The van der Waals surface area contributed by atoms with Crippen LogP contribution in [0.3, 0.4) is 0 Å². The molecule has 0 saturated heterocycles. The summed E-state index contributed by atoms with van der Waals surface area (Å²) in [7, 11) is 0. The fourth-order valence-electron chi connectivity index (χ4n) is 3.83. The predicted octanol–water partition coefficient (Wildman–Crippen LogP) is 5.33. The third-order valence-corrected chi connectivity index (χ3v) is 5.70. The largest absolute Gasteiger partial charge is 0.478 e. The van der Waals surface area contributed by atoms with Crippen molar-refractivity contribution in [2.75, 3.05) is 0 Å². The molecule has 0 bridgehead atoms. The number of aromatic nitrogens is 2. The molecule has 1 aromatic heterocycles. The molecule has 1 aromatic carbocycles. The first-order valence-corrected chi connectivity index (χ1v) is 9.42. The van der Waals surface area contributed by atoms with Crippen molar-refractivity contribution in [3.05, 3.63) is 52.4 Å². The van der Waals surface area contributed by atoms with Crippen molar-refractivity contribution in [3.8, 4) is 0 Å². The Kier molecular flexibility index (Phi) is 4.71. The van der Waals surface area contributed by atoms with Crippen molar-refractivity contribution < 1.29 is 9.90 Å². The molecule has 0 saturated carbocycles. The van der Waals surface area contributed by atoms with Gasteiger partial charge in [0.1, 0.15) is 0 Å². The van der Waals surface area contributed by atoms with Crippen LogP contribution in [0.15, 0.2) is 29.9 Å². The molecule has 0 amide bonds. The number of fused-ring (bicyclic) bond motifs is 2. The van der Waals surface area contributed by atoms with Gasteiger partial charge in [-0.05, 0) is 72.4 Å². The van der Waals surface area contributed by atoms with Crippen LogP contribution in [-0.2, 0) is 15.6 Å². The second-order valence-electron chi connectivity index (χ2n) is 8.91. The molecule has 4 nitrogen and oxygen atoms in total. The average Bonchev–Trinajstić information content (AvgIpc) is 2.55. The number of hydrogen-bond acceptors (Lipinski definition) is 3. The van der Waals surface area contributed by atoms with Gasteiger partial charge in [0.05, 0.1) is 22.4 Å². The van der Waals surface area contributed by atoms with E-state index in [0.29, 0.717) is 5.57 Å². The Morgan fingerprint density at radius 2 is 1.56 bits per heavy atom. The van der Waals surface area contributed by atoms with Gasteiger partial charge in [0.15, 0.2) is 0 Å². The maximum Gasteiger partial charge on any atom is 0.328 e. The Morgan fingerprint density at radius 3 is 2.07 bits per heavy atom. The van der Waals surface area contributed by atoms with E-state index in [4.69, 9.17) is 15.1 Å². The quantitative estimate of drug-likeness (QED) is 0.590. The van der Waals surface area contributed by atoms with Gasteiger partial charge in [0.25, 0.3) is 0 Å². The van der Waals surface area contributed by atoms with Gasteiger partial charge in [-0.25, -0.2) is 14.8 Å². The molecule has 0 aliphatic heterocycles. The number of aryl methyl sites for hydroxylation is 1. The van der Waals surface area contributed by atoms with Crippen LogP contribution in [-0.4, -0.2) is 21.0 Å². The molecular weight excluding hydrogens is 336 g/mol. The summed E-state index contributed by atoms with van der Waals surface area (Å²) in [4.78, 5) is 20.4. The molecule has 0 fully saturated rings. The maximum absolute atomic E-state index is 10.8. The number of carboxylic acids is 1. The second-order valence-corrected chi connectivity index (χ2v) is 8.91. The number of benzene rings is 1. The molecule has 1 heterocycles. The van der Waals surface area contributed by atoms with Crippen LogP contribution in [0.5, 0.6) is 0 Å². The Hall–Kier alpha value is -2.49. The van der Waals surface area contributed by atoms with Crippen LogP contribution in [0.2, 0.25) is 0 Å². The zero-order valence-corrected chi connectivity index (χ0v) is 17.1. The number of hydrogen-bond donors (Lipinski definition) is 1. The van der Waals surface area contributed by atoms with Crippen molar-refractivity contribution in [2.45, 2.75) is 65.2 Å². The number of carbonyl (C=O) groups is 1. The number of carboxylic acid groups (broad SMARTS) is 1. The number of aliphatic carboxylic acids is 1. The van der Waals surface area contributed by atoms with Crippen molar-refractivity contribution in [3.63, 3.8) is 0 Å². The van der Waals surface area contributed by atoms with Gasteiger partial charge < -0.3 is 5.11 Å². The third-order valence-electron chi connectivity index (χ3n) is 5.70. The fourth-order valence-corrected chi connectivity index (χ4v) is 3.83. The van der Waals surface area contributed by atoms with E-state index >= 15 is 0 Å². The molecule has 0 unspecified atom stereocenters. The van der Waals surface area contributed by atoms with Crippen LogP contribution < -0.4 is 0 Å². The molecule has 1 aliphatic rings. The molecule has 0 atom stereocenters. The summed E-state index contributed by atoms with van der Waals surface area (Å²) >= 11 is 0. The van der Waals surface area contributed by atoms with E-state index in [1.54, 1.807) is 13.0 Å². The van der Waals surface area contributed by atoms with Gasteiger partial charge in [-0.15, -0.1) is 0 Å². The topological polar surface area (TPSA) is 63.1 Å². The van der Waals surface area contributed by atoms with Crippen LogP contribution in [0.4, 0.5) is 0 Å². The van der Waals surface area contributed by atoms with Crippen molar-refractivity contribution in [1.29, 1.82) is 0 Å². The molecule has 4 heteroatoms. The summed E-state index contributed by atoms with van der Waals surface area (Å²) in [5.41, 5.74) is 7.11. The lowest BCUT2D eigenvalue weighted by Crippen LogP contribution is -2.33. The summed E-state index contributed by atoms with van der Waals surface area (Å²) in [6, 6.07) is 4.42. The molecule has 0 spiro atoms. The van der Waals surface area contributed by atoms with E-state index in [-0.39, 0.29) is 10.8 Å². The lowest BCUT2D eigenvalue weighted by atomic mass is 9.63. The van der Waals surface area contributed by atoms with Crippen LogP contribution in [0.25, 0.3) is 17.1 Å². The Labute approximate surface area is 161 Å². The highest BCUT2D eigenvalue weighted by molar-refractivity contribution is 5.82. The zero-order valence-electron chi connectivity index (χ0n) is 17.1. The fraction of sp³-hybridized carbons (Fsp3) is 0.435. The van der Waals surface area contributed by atoms with E-state index in [1.165, 1.54) is 23.6 Å². The number of allylic oxidation sites excluding steroid dienone is 2. The molecule has 0 radical (unpaired) electrons.